The second kappa shape index (κ2) is 6.92. The van der Waals surface area contributed by atoms with Crippen molar-refractivity contribution in [2.75, 3.05) is 0 Å². The van der Waals surface area contributed by atoms with Crippen LogP contribution in [0.15, 0.2) is 24.3 Å². The van der Waals surface area contributed by atoms with E-state index >= 15 is 0 Å². The van der Waals surface area contributed by atoms with E-state index < -0.39 is 12.0 Å². The van der Waals surface area contributed by atoms with Crippen LogP contribution in [0.25, 0.3) is 0 Å². The van der Waals surface area contributed by atoms with Gasteiger partial charge in [-0.1, -0.05) is 44.5 Å². The first-order valence-corrected chi connectivity index (χ1v) is 6.52. The van der Waals surface area contributed by atoms with Crippen LogP contribution in [-0.4, -0.2) is 23.0 Å². The zero-order chi connectivity index (χ0) is 14.4. The molecule has 0 aliphatic carbocycles. The summed E-state index contributed by atoms with van der Waals surface area (Å²) in [4.78, 5) is 23.1. The van der Waals surface area contributed by atoms with Gasteiger partial charge in [-0.15, -0.1) is 0 Å². The van der Waals surface area contributed by atoms with Gasteiger partial charge in [0, 0.05) is 0 Å². The maximum atomic E-state index is 11.9. The molecule has 104 valence electrons. The summed E-state index contributed by atoms with van der Waals surface area (Å²) in [7, 11) is 0. The molecule has 0 fully saturated rings. The van der Waals surface area contributed by atoms with Crippen LogP contribution in [0.2, 0.25) is 0 Å². The molecule has 1 aromatic carbocycles. The van der Waals surface area contributed by atoms with Crippen LogP contribution >= 0.6 is 0 Å². The molecule has 1 rings (SSSR count). The van der Waals surface area contributed by atoms with Crippen LogP contribution in [0.4, 0.5) is 0 Å². The number of carbonyl (C=O) groups is 2. The quantitative estimate of drug-likeness (QED) is 0.826. The Bertz CT molecular complexity index is 456. The van der Waals surface area contributed by atoms with Crippen molar-refractivity contribution in [3.8, 4) is 0 Å². The van der Waals surface area contributed by atoms with Gasteiger partial charge in [-0.05, 0) is 24.0 Å². The predicted molar refractivity (Wildman–Crippen MR) is 73.9 cm³/mol. The Morgan fingerprint density at radius 1 is 1.32 bits per heavy atom. The number of rotatable bonds is 6. The minimum atomic E-state index is -0.979. The molecule has 0 heterocycles. The number of aliphatic carboxylic acids is 1. The number of carbonyl (C=O) groups excluding carboxylic acids is 1. The Balaban J connectivity index is 2.68. The number of benzene rings is 1. The van der Waals surface area contributed by atoms with Crippen molar-refractivity contribution in [3.05, 3.63) is 35.4 Å². The summed E-state index contributed by atoms with van der Waals surface area (Å²) in [5.74, 6) is -1.31. The minimum absolute atomic E-state index is 0.0849. The third kappa shape index (κ3) is 4.39. The van der Waals surface area contributed by atoms with E-state index in [4.69, 9.17) is 5.11 Å². The molecule has 19 heavy (non-hydrogen) atoms. The molecule has 0 radical (unpaired) electrons. The van der Waals surface area contributed by atoms with E-state index in [2.05, 4.69) is 5.32 Å². The molecule has 2 N–H and O–H groups in total. The van der Waals surface area contributed by atoms with Gasteiger partial charge < -0.3 is 10.4 Å². The third-order valence-corrected chi connectivity index (χ3v) is 3.41. The summed E-state index contributed by atoms with van der Waals surface area (Å²) in [6.45, 7) is 5.67. The standard InChI is InChI=1S/C15H21NO3/c1-4-10(2)14(15(18)19)16-13(17)9-12-8-6-5-7-11(12)3/h5-8,10,14H,4,9H2,1-3H3,(H,16,17)(H,18,19). The zero-order valence-electron chi connectivity index (χ0n) is 11.6. The summed E-state index contributed by atoms with van der Waals surface area (Å²) in [5, 5.41) is 11.7. The smallest absolute Gasteiger partial charge is 0.326 e. The molecule has 0 saturated heterocycles. The Kier molecular flexibility index (Phi) is 5.55. The first-order valence-electron chi connectivity index (χ1n) is 6.52. The van der Waals surface area contributed by atoms with Crippen LogP contribution in [0.1, 0.15) is 31.4 Å². The number of hydrogen-bond donors (Lipinski definition) is 2. The second-order valence-corrected chi connectivity index (χ2v) is 4.87. The minimum Gasteiger partial charge on any atom is -0.480 e. The molecule has 4 heteroatoms. The number of carboxylic acid groups (broad SMARTS) is 1. The van der Waals surface area contributed by atoms with E-state index in [0.717, 1.165) is 11.1 Å². The average Bonchev–Trinajstić information content (AvgIpc) is 2.37. The van der Waals surface area contributed by atoms with Crippen LogP contribution in [0.3, 0.4) is 0 Å². The predicted octanol–water partition coefficient (Wildman–Crippen LogP) is 2.15. The van der Waals surface area contributed by atoms with E-state index in [1.807, 2.05) is 45.0 Å². The molecule has 2 atom stereocenters. The topological polar surface area (TPSA) is 66.4 Å². The third-order valence-electron chi connectivity index (χ3n) is 3.41. The van der Waals surface area contributed by atoms with E-state index in [-0.39, 0.29) is 18.2 Å². The second-order valence-electron chi connectivity index (χ2n) is 4.87. The van der Waals surface area contributed by atoms with Crippen LogP contribution in [-0.2, 0) is 16.0 Å². The maximum Gasteiger partial charge on any atom is 0.326 e. The van der Waals surface area contributed by atoms with E-state index in [0.29, 0.717) is 6.42 Å². The SMILES string of the molecule is CCC(C)C(NC(=O)Cc1ccccc1C)C(=O)O. The molecule has 0 spiro atoms. The van der Waals surface area contributed by atoms with Crippen LogP contribution in [0.5, 0.6) is 0 Å². The molecule has 1 amide bonds. The van der Waals surface area contributed by atoms with Crippen molar-refractivity contribution in [2.24, 2.45) is 5.92 Å². The molecule has 0 aliphatic rings. The lowest BCUT2D eigenvalue weighted by Crippen LogP contribution is -2.45. The molecule has 2 unspecified atom stereocenters. The Labute approximate surface area is 113 Å². The number of hydrogen-bond acceptors (Lipinski definition) is 2. The molecular formula is C15H21NO3. The average molecular weight is 263 g/mol. The lowest BCUT2D eigenvalue weighted by molar-refractivity contribution is -0.143. The first kappa shape index (κ1) is 15.2. The van der Waals surface area contributed by atoms with Crippen molar-refractivity contribution in [3.63, 3.8) is 0 Å². The number of aryl methyl sites for hydroxylation is 1. The van der Waals surface area contributed by atoms with Gasteiger partial charge in [-0.25, -0.2) is 4.79 Å². The summed E-state index contributed by atoms with van der Waals surface area (Å²) in [6.07, 6.45) is 0.925. The Morgan fingerprint density at radius 2 is 1.95 bits per heavy atom. The van der Waals surface area contributed by atoms with E-state index in [9.17, 15) is 9.59 Å². The van der Waals surface area contributed by atoms with Crippen molar-refractivity contribution in [2.45, 2.75) is 39.7 Å². The number of carboxylic acids is 1. The van der Waals surface area contributed by atoms with Crippen LogP contribution < -0.4 is 5.32 Å². The summed E-state index contributed by atoms with van der Waals surface area (Å²) in [5.41, 5.74) is 1.96. The number of amides is 1. The van der Waals surface area contributed by atoms with Gasteiger partial charge in [0.05, 0.1) is 6.42 Å². The van der Waals surface area contributed by atoms with Gasteiger partial charge in [0.15, 0.2) is 0 Å². The summed E-state index contributed by atoms with van der Waals surface area (Å²) >= 11 is 0. The van der Waals surface area contributed by atoms with E-state index in [1.54, 1.807) is 0 Å². The fourth-order valence-electron chi connectivity index (χ4n) is 1.89. The van der Waals surface area contributed by atoms with Crippen molar-refractivity contribution in [1.29, 1.82) is 0 Å². The highest BCUT2D eigenvalue weighted by Gasteiger charge is 2.25. The van der Waals surface area contributed by atoms with Gasteiger partial charge in [0.1, 0.15) is 6.04 Å². The highest BCUT2D eigenvalue weighted by Crippen LogP contribution is 2.10. The fraction of sp³-hybridized carbons (Fsp3) is 0.467. The molecule has 0 aliphatic heterocycles. The molecule has 0 aromatic heterocycles. The maximum absolute atomic E-state index is 11.9. The lowest BCUT2D eigenvalue weighted by Gasteiger charge is -2.20. The molecule has 4 nitrogen and oxygen atoms in total. The van der Waals surface area contributed by atoms with Crippen LogP contribution in [0, 0.1) is 12.8 Å². The van der Waals surface area contributed by atoms with Crippen molar-refractivity contribution in [1.82, 2.24) is 5.32 Å². The molecule has 0 bridgehead atoms. The molecule has 1 aromatic rings. The van der Waals surface area contributed by atoms with Crippen molar-refractivity contribution >= 4 is 11.9 Å². The van der Waals surface area contributed by atoms with Crippen molar-refractivity contribution < 1.29 is 14.7 Å². The van der Waals surface area contributed by atoms with Gasteiger partial charge in [-0.2, -0.15) is 0 Å². The highest BCUT2D eigenvalue weighted by atomic mass is 16.4. The van der Waals surface area contributed by atoms with Gasteiger partial charge in [0.2, 0.25) is 5.91 Å². The summed E-state index contributed by atoms with van der Waals surface area (Å²) < 4.78 is 0. The Morgan fingerprint density at radius 3 is 2.47 bits per heavy atom. The zero-order valence-corrected chi connectivity index (χ0v) is 11.6. The van der Waals surface area contributed by atoms with Gasteiger partial charge in [-0.3, -0.25) is 4.79 Å². The highest BCUT2D eigenvalue weighted by molar-refractivity contribution is 5.85. The van der Waals surface area contributed by atoms with Gasteiger partial charge >= 0.3 is 5.97 Å². The van der Waals surface area contributed by atoms with Gasteiger partial charge in [0.25, 0.3) is 0 Å². The first-order chi connectivity index (χ1) is 8.95. The Hall–Kier alpha value is -1.84. The molecular weight excluding hydrogens is 242 g/mol. The molecule has 0 saturated carbocycles. The monoisotopic (exact) mass is 263 g/mol. The summed E-state index contributed by atoms with van der Waals surface area (Å²) in [6, 6.07) is 6.79. The number of nitrogens with one attached hydrogen (secondary N) is 1. The normalized spacial score (nSPS) is 13.6. The van der Waals surface area contributed by atoms with E-state index in [1.165, 1.54) is 0 Å². The largest absolute Gasteiger partial charge is 0.480 e. The lowest BCUT2D eigenvalue weighted by atomic mass is 9.98. The fourth-order valence-corrected chi connectivity index (χ4v) is 1.89.